The molecule has 0 amide bonds. The van der Waals surface area contributed by atoms with Gasteiger partial charge >= 0.3 is 0 Å². The van der Waals surface area contributed by atoms with Gasteiger partial charge in [0, 0.05) is 23.9 Å². The molecule has 0 bridgehead atoms. The number of rotatable bonds is 4. The van der Waals surface area contributed by atoms with Crippen LogP contribution in [0.15, 0.2) is 29.0 Å². The van der Waals surface area contributed by atoms with E-state index < -0.39 is 0 Å². The highest BCUT2D eigenvalue weighted by Crippen LogP contribution is 2.19. The van der Waals surface area contributed by atoms with E-state index in [1.807, 2.05) is 37.0 Å². The Hall–Kier alpha value is -1.24. The first-order valence-corrected chi connectivity index (χ1v) is 6.45. The summed E-state index contributed by atoms with van der Waals surface area (Å²) in [5.74, 6) is 5.65. The number of nitrogens with one attached hydrogen (secondary N) is 1. The Labute approximate surface area is 115 Å². The Morgan fingerprint density at radius 1 is 1.44 bits per heavy atom. The smallest absolute Gasteiger partial charge is 0.0669 e. The highest BCUT2D eigenvalue weighted by molar-refractivity contribution is 9.10. The molecule has 0 aliphatic heterocycles. The van der Waals surface area contributed by atoms with Gasteiger partial charge in [-0.05, 0) is 47.0 Å². The van der Waals surface area contributed by atoms with Crippen LogP contribution in [-0.4, -0.2) is 14.8 Å². The molecule has 0 aromatic carbocycles. The van der Waals surface area contributed by atoms with Crippen molar-refractivity contribution >= 4 is 15.9 Å². The van der Waals surface area contributed by atoms with Crippen LogP contribution in [0.1, 0.15) is 23.0 Å². The number of halogens is 1. The molecule has 2 aromatic rings. The van der Waals surface area contributed by atoms with Crippen molar-refractivity contribution in [1.29, 1.82) is 0 Å². The molecule has 0 saturated carbocycles. The third-order valence-electron chi connectivity index (χ3n) is 2.80. The van der Waals surface area contributed by atoms with Gasteiger partial charge in [0.2, 0.25) is 0 Å². The molecule has 1 atom stereocenters. The molecule has 0 fully saturated rings. The third kappa shape index (κ3) is 2.95. The second kappa shape index (κ2) is 5.60. The van der Waals surface area contributed by atoms with Crippen molar-refractivity contribution in [1.82, 2.24) is 20.2 Å². The number of hydrogen-bond donors (Lipinski definition) is 2. The zero-order valence-electron chi connectivity index (χ0n) is 10.4. The Morgan fingerprint density at radius 3 is 2.78 bits per heavy atom. The number of nitrogens with two attached hydrogens (primary N) is 1. The number of hydrogen-bond acceptors (Lipinski definition) is 4. The molecule has 3 N–H and O–H groups in total. The number of aromatic nitrogens is 3. The van der Waals surface area contributed by atoms with Crippen LogP contribution < -0.4 is 11.3 Å². The standard InChI is InChI=1S/C12H16BrN5/c1-8-3-12(18(2)17-8)11(16-14)5-9-4-10(13)7-15-6-9/h3-4,6-7,11,16H,5,14H2,1-2H3. The highest BCUT2D eigenvalue weighted by Gasteiger charge is 2.15. The van der Waals surface area contributed by atoms with Gasteiger partial charge in [0.05, 0.1) is 17.4 Å². The molecule has 96 valence electrons. The van der Waals surface area contributed by atoms with Gasteiger partial charge in [-0.25, -0.2) is 0 Å². The summed E-state index contributed by atoms with van der Waals surface area (Å²) in [4.78, 5) is 4.15. The summed E-state index contributed by atoms with van der Waals surface area (Å²) in [5, 5.41) is 4.34. The van der Waals surface area contributed by atoms with Crippen LogP contribution in [0, 0.1) is 6.92 Å². The van der Waals surface area contributed by atoms with Gasteiger partial charge in [-0.2, -0.15) is 5.10 Å². The van der Waals surface area contributed by atoms with Crippen LogP contribution in [0.4, 0.5) is 0 Å². The predicted octanol–water partition coefficient (Wildman–Crippen LogP) is 1.63. The minimum Gasteiger partial charge on any atom is -0.271 e. The molecule has 0 aliphatic carbocycles. The molecule has 1 unspecified atom stereocenters. The molecular formula is C12H16BrN5. The summed E-state index contributed by atoms with van der Waals surface area (Å²) >= 11 is 3.42. The largest absolute Gasteiger partial charge is 0.271 e. The van der Waals surface area contributed by atoms with Gasteiger partial charge in [0.25, 0.3) is 0 Å². The van der Waals surface area contributed by atoms with Crippen LogP contribution in [0.25, 0.3) is 0 Å². The molecular weight excluding hydrogens is 294 g/mol. The lowest BCUT2D eigenvalue weighted by Gasteiger charge is -2.16. The molecule has 0 saturated heterocycles. The highest BCUT2D eigenvalue weighted by atomic mass is 79.9. The number of pyridine rings is 1. The van der Waals surface area contributed by atoms with Gasteiger partial charge in [-0.1, -0.05) is 0 Å². The molecule has 5 nitrogen and oxygen atoms in total. The van der Waals surface area contributed by atoms with E-state index in [0.717, 1.165) is 27.8 Å². The van der Waals surface area contributed by atoms with Crippen molar-refractivity contribution in [3.8, 4) is 0 Å². The fourth-order valence-corrected chi connectivity index (χ4v) is 2.42. The zero-order chi connectivity index (χ0) is 13.1. The fourth-order valence-electron chi connectivity index (χ4n) is 2.01. The van der Waals surface area contributed by atoms with E-state index in [1.165, 1.54) is 0 Å². The normalized spacial score (nSPS) is 12.7. The average molecular weight is 310 g/mol. The first-order valence-electron chi connectivity index (χ1n) is 5.66. The van der Waals surface area contributed by atoms with E-state index in [9.17, 15) is 0 Å². The number of aryl methyl sites for hydroxylation is 2. The van der Waals surface area contributed by atoms with Crippen molar-refractivity contribution in [3.05, 3.63) is 46.0 Å². The van der Waals surface area contributed by atoms with Crippen molar-refractivity contribution in [2.45, 2.75) is 19.4 Å². The molecule has 2 heterocycles. The van der Waals surface area contributed by atoms with Gasteiger partial charge in [0.15, 0.2) is 0 Å². The summed E-state index contributed by atoms with van der Waals surface area (Å²) in [6, 6.07) is 4.10. The first-order chi connectivity index (χ1) is 8.60. The molecule has 6 heteroatoms. The molecule has 2 rings (SSSR count). The van der Waals surface area contributed by atoms with Crippen LogP contribution in [0.5, 0.6) is 0 Å². The Kier molecular flexibility index (Phi) is 4.11. The van der Waals surface area contributed by atoms with Crippen LogP contribution in [0.3, 0.4) is 0 Å². The van der Waals surface area contributed by atoms with Gasteiger partial charge in [-0.3, -0.25) is 20.9 Å². The van der Waals surface area contributed by atoms with E-state index in [0.29, 0.717) is 0 Å². The van der Waals surface area contributed by atoms with Gasteiger partial charge < -0.3 is 0 Å². The number of nitrogens with zero attached hydrogens (tertiary/aromatic N) is 3. The van der Waals surface area contributed by atoms with E-state index in [2.05, 4.69) is 31.4 Å². The van der Waals surface area contributed by atoms with Gasteiger partial charge in [-0.15, -0.1) is 0 Å². The van der Waals surface area contributed by atoms with Gasteiger partial charge in [0.1, 0.15) is 0 Å². The van der Waals surface area contributed by atoms with Crippen molar-refractivity contribution < 1.29 is 0 Å². The predicted molar refractivity (Wildman–Crippen MR) is 73.7 cm³/mol. The summed E-state index contributed by atoms with van der Waals surface area (Å²) in [7, 11) is 1.92. The minimum absolute atomic E-state index is 0.0206. The van der Waals surface area contributed by atoms with Crippen LogP contribution >= 0.6 is 15.9 Å². The van der Waals surface area contributed by atoms with Crippen LogP contribution in [-0.2, 0) is 13.5 Å². The van der Waals surface area contributed by atoms with E-state index in [4.69, 9.17) is 5.84 Å². The second-order valence-corrected chi connectivity index (χ2v) is 5.18. The lowest BCUT2D eigenvalue weighted by atomic mass is 10.1. The molecule has 0 aliphatic rings. The zero-order valence-corrected chi connectivity index (χ0v) is 12.0. The van der Waals surface area contributed by atoms with Crippen molar-refractivity contribution in [2.24, 2.45) is 12.9 Å². The van der Waals surface area contributed by atoms with Crippen molar-refractivity contribution in [3.63, 3.8) is 0 Å². The Morgan fingerprint density at radius 2 is 2.22 bits per heavy atom. The lowest BCUT2D eigenvalue weighted by Crippen LogP contribution is -2.31. The van der Waals surface area contributed by atoms with E-state index in [1.54, 1.807) is 6.20 Å². The first kappa shape index (κ1) is 13.2. The lowest BCUT2D eigenvalue weighted by molar-refractivity contribution is 0.507. The average Bonchev–Trinajstić information content (AvgIpc) is 2.65. The number of hydrazine groups is 1. The monoisotopic (exact) mass is 309 g/mol. The fraction of sp³-hybridized carbons (Fsp3) is 0.333. The Balaban J connectivity index is 2.22. The summed E-state index contributed by atoms with van der Waals surface area (Å²) in [6.45, 7) is 1.97. The maximum atomic E-state index is 5.65. The van der Waals surface area contributed by atoms with E-state index in [-0.39, 0.29) is 6.04 Å². The van der Waals surface area contributed by atoms with Crippen molar-refractivity contribution in [2.75, 3.05) is 0 Å². The molecule has 2 aromatic heterocycles. The molecule has 18 heavy (non-hydrogen) atoms. The SMILES string of the molecule is Cc1cc(C(Cc2cncc(Br)c2)NN)n(C)n1. The quantitative estimate of drug-likeness (QED) is 0.665. The van der Waals surface area contributed by atoms with Crippen LogP contribution in [0.2, 0.25) is 0 Å². The summed E-state index contributed by atoms with van der Waals surface area (Å²) in [6.07, 6.45) is 4.38. The summed E-state index contributed by atoms with van der Waals surface area (Å²) in [5.41, 5.74) is 6.00. The van der Waals surface area contributed by atoms with E-state index >= 15 is 0 Å². The maximum absolute atomic E-state index is 5.65. The Bertz CT molecular complexity index is 537. The minimum atomic E-state index is 0.0206. The maximum Gasteiger partial charge on any atom is 0.0669 e. The molecule has 0 spiro atoms. The second-order valence-electron chi connectivity index (χ2n) is 4.27. The summed E-state index contributed by atoms with van der Waals surface area (Å²) < 4.78 is 2.82. The third-order valence-corrected chi connectivity index (χ3v) is 3.23. The topological polar surface area (TPSA) is 68.8 Å². The molecule has 0 radical (unpaired) electrons.